The van der Waals surface area contributed by atoms with Crippen LogP contribution in [-0.4, -0.2) is 34.1 Å². The van der Waals surface area contributed by atoms with Crippen LogP contribution in [0.25, 0.3) is 0 Å². The third-order valence-electron chi connectivity index (χ3n) is 3.15. The summed E-state index contributed by atoms with van der Waals surface area (Å²) in [5, 5.41) is 9.83. The van der Waals surface area contributed by atoms with E-state index >= 15 is 0 Å². The highest BCUT2D eigenvalue weighted by molar-refractivity contribution is 5.79. The van der Waals surface area contributed by atoms with Crippen LogP contribution in [0.3, 0.4) is 0 Å². The van der Waals surface area contributed by atoms with Gasteiger partial charge in [-0.25, -0.2) is 0 Å². The average Bonchev–Trinajstić information content (AvgIpc) is 2.15. The lowest BCUT2D eigenvalue weighted by Crippen LogP contribution is -2.45. The van der Waals surface area contributed by atoms with Gasteiger partial charge in [0, 0.05) is 18.0 Å². The van der Waals surface area contributed by atoms with Crippen molar-refractivity contribution in [3.8, 4) is 0 Å². The zero-order chi connectivity index (χ0) is 13.7. The molecule has 17 heavy (non-hydrogen) atoms. The lowest BCUT2D eigenvalue weighted by molar-refractivity contribution is -0.139. The number of aliphatic hydroxyl groups is 1. The third kappa shape index (κ3) is 5.07. The van der Waals surface area contributed by atoms with Gasteiger partial charge in [0.1, 0.15) is 0 Å². The van der Waals surface area contributed by atoms with Gasteiger partial charge in [0.15, 0.2) is 0 Å². The Morgan fingerprint density at radius 3 is 1.71 bits per heavy atom. The van der Waals surface area contributed by atoms with Crippen LogP contribution < -0.4 is 0 Å². The molecule has 102 valence electrons. The zero-order valence-corrected chi connectivity index (χ0v) is 12.4. The van der Waals surface area contributed by atoms with E-state index in [4.69, 9.17) is 0 Å². The first-order valence-electron chi connectivity index (χ1n) is 6.68. The van der Waals surface area contributed by atoms with Gasteiger partial charge in [-0.2, -0.15) is 0 Å². The van der Waals surface area contributed by atoms with Gasteiger partial charge in [-0.3, -0.25) is 4.79 Å². The van der Waals surface area contributed by atoms with E-state index in [1.807, 2.05) is 53.4 Å². The number of nitrogens with zero attached hydrogens (tertiary/aromatic N) is 1. The fraction of sp³-hybridized carbons (Fsp3) is 0.929. The summed E-state index contributed by atoms with van der Waals surface area (Å²) in [6.07, 6.45) is 0.155. The summed E-state index contributed by atoms with van der Waals surface area (Å²) in [4.78, 5) is 14.2. The van der Waals surface area contributed by atoms with E-state index in [9.17, 15) is 9.90 Å². The standard InChI is InChI=1S/C14H29NO2/c1-9(2)13(16)8-12(7)14(17)15(10(3)4)11(5)6/h9-13,16H,8H2,1-7H3/t12-,13+/m0/s1. The van der Waals surface area contributed by atoms with Crippen LogP contribution in [0.15, 0.2) is 0 Å². The molecule has 0 fully saturated rings. The van der Waals surface area contributed by atoms with Gasteiger partial charge in [0.2, 0.25) is 5.91 Å². The Kier molecular flexibility index (Phi) is 6.76. The van der Waals surface area contributed by atoms with Crippen LogP contribution in [0.1, 0.15) is 54.9 Å². The van der Waals surface area contributed by atoms with Crippen molar-refractivity contribution in [3.63, 3.8) is 0 Å². The molecular weight excluding hydrogens is 214 g/mol. The second-order valence-corrected chi connectivity index (χ2v) is 5.88. The first kappa shape index (κ1) is 16.4. The maximum absolute atomic E-state index is 12.3. The van der Waals surface area contributed by atoms with Crippen molar-refractivity contribution in [1.29, 1.82) is 0 Å². The molecule has 0 heterocycles. The van der Waals surface area contributed by atoms with E-state index in [-0.39, 0.29) is 29.8 Å². The maximum atomic E-state index is 12.3. The van der Waals surface area contributed by atoms with E-state index in [0.717, 1.165) is 0 Å². The van der Waals surface area contributed by atoms with Crippen LogP contribution >= 0.6 is 0 Å². The molecule has 1 N–H and O–H groups in total. The number of rotatable bonds is 6. The van der Waals surface area contributed by atoms with Crippen molar-refractivity contribution in [2.75, 3.05) is 0 Å². The van der Waals surface area contributed by atoms with Gasteiger partial charge in [-0.05, 0) is 40.0 Å². The smallest absolute Gasteiger partial charge is 0.225 e. The quantitative estimate of drug-likeness (QED) is 0.779. The summed E-state index contributed by atoms with van der Waals surface area (Å²) in [5.41, 5.74) is 0. The molecule has 0 rings (SSSR count). The molecule has 3 nitrogen and oxygen atoms in total. The summed E-state index contributed by atoms with van der Waals surface area (Å²) < 4.78 is 0. The Labute approximate surface area is 106 Å². The molecule has 0 aromatic rings. The highest BCUT2D eigenvalue weighted by Crippen LogP contribution is 2.18. The Balaban J connectivity index is 4.56. The molecule has 0 aliphatic carbocycles. The van der Waals surface area contributed by atoms with Crippen LogP contribution in [0.2, 0.25) is 0 Å². The van der Waals surface area contributed by atoms with E-state index in [2.05, 4.69) is 0 Å². The SMILES string of the molecule is CC(C)[C@H](O)C[C@H](C)C(=O)N(C(C)C)C(C)C. The summed E-state index contributed by atoms with van der Waals surface area (Å²) >= 11 is 0. The van der Waals surface area contributed by atoms with Gasteiger partial charge < -0.3 is 10.0 Å². The molecular formula is C14H29NO2. The van der Waals surface area contributed by atoms with Gasteiger partial charge >= 0.3 is 0 Å². The predicted octanol–water partition coefficient (Wildman–Crippen LogP) is 2.67. The summed E-state index contributed by atoms with van der Waals surface area (Å²) in [6, 6.07) is 0.419. The van der Waals surface area contributed by atoms with Crippen molar-refractivity contribution < 1.29 is 9.90 Å². The van der Waals surface area contributed by atoms with Crippen molar-refractivity contribution in [3.05, 3.63) is 0 Å². The van der Waals surface area contributed by atoms with Gasteiger partial charge in [0.05, 0.1) is 6.10 Å². The second-order valence-electron chi connectivity index (χ2n) is 5.88. The van der Waals surface area contributed by atoms with Crippen molar-refractivity contribution in [1.82, 2.24) is 4.90 Å². The Morgan fingerprint density at radius 2 is 1.41 bits per heavy atom. The maximum Gasteiger partial charge on any atom is 0.225 e. The van der Waals surface area contributed by atoms with Crippen LogP contribution in [0.5, 0.6) is 0 Å². The van der Waals surface area contributed by atoms with Gasteiger partial charge in [-0.1, -0.05) is 20.8 Å². The highest BCUT2D eigenvalue weighted by Gasteiger charge is 2.27. The van der Waals surface area contributed by atoms with Crippen LogP contribution in [0.4, 0.5) is 0 Å². The molecule has 0 aliphatic rings. The topological polar surface area (TPSA) is 40.5 Å². The molecule has 0 saturated heterocycles. The molecule has 2 atom stereocenters. The molecule has 0 bridgehead atoms. The van der Waals surface area contributed by atoms with Gasteiger partial charge in [-0.15, -0.1) is 0 Å². The summed E-state index contributed by atoms with van der Waals surface area (Å²) in [5.74, 6) is 0.240. The van der Waals surface area contributed by atoms with Crippen molar-refractivity contribution in [2.45, 2.75) is 73.1 Å². The minimum absolute atomic E-state index is 0.114. The lowest BCUT2D eigenvalue weighted by Gasteiger charge is -2.33. The summed E-state index contributed by atoms with van der Waals surface area (Å²) in [7, 11) is 0. The molecule has 0 aromatic carbocycles. The van der Waals surface area contributed by atoms with E-state index in [0.29, 0.717) is 6.42 Å². The Hall–Kier alpha value is -0.570. The molecule has 3 heteroatoms. The monoisotopic (exact) mass is 243 g/mol. The minimum atomic E-state index is -0.393. The van der Waals surface area contributed by atoms with Crippen molar-refractivity contribution >= 4 is 5.91 Å². The first-order chi connectivity index (χ1) is 7.68. The van der Waals surface area contributed by atoms with E-state index < -0.39 is 6.10 Å². The highest BCUT2D eigenvalue weighted by atomic mass is 16.3. The molecule has 0 unspecified atom stereocenters. The van der Waals surface area contributed by atoms with Crippen LogP contribution in [0, 0.1) is 11.8 Å². The van der Waals surface area contributed by atoms with Gasteiger partial charge in [0.25, 0.3) is 0 Å². The number of hydrogen-bond acceptors (Lipinski definition) is 2. The average molecular weight is 243 g/mol. The largest absolute Gasteiger partial charge is 0.393 e. The number of carbonyl (C=O) groups excluding carboxylic acids is 1. The normalized spacial score (nSPS) is 15.5. The Bertz CT molecular complexity index is 228. The predicted molar refractivity (Wildman–Crippen MR) is 71.7 cm³/mol. The molecule has 1 amide bonds. The number of carbonyl (C=O) groups is 1. The lowest BCUT2D eigenvalue weighted by atomic mass is 9.94. The summed E-state index contributed by atoms with van der Waals surface area (Å²) in [6.45, 7) is 14.0. The third-order valence-corrected chi connectivity index (χ3v) is 3.15. The molecule has 0 aliphatic heterocycles. The molecule has 0 aromatic heterocycles. The minimum Gasteiger partial charge on any atom is -0.393 e. The van der Waals surface area contributed by atoms with Crippen LogP contribution in [-0.2, 0) is 4.79 Å². The number of amides is 1. The number of hydrogen-bond donors (Lipinski definition) is 1. The Morgan fingerprint density at radius 1 is 1.00 bits per heavy atom. The first-order valence-corrected chi connectivity index (χ1v) is 6.68. The number of aliphatic hydroxyl groups excluding tert-OH is 1. The van der Waals surface area contributed by atoms with E-state index in [1.165, 1.54) is 0 Å². The zero-order valence-electron chi connectivity index (χ0n) is 12.4. The molecule has 0 spiro atoms. The molecule has 0 radical (unpaired) electrons. The fourth-order valence-electron chi connectivity index (χ4n) is 2.09. The van der Waals surface area contributed by atoms with E-state index in [1.54, 1.807) is 0 Å². The second kappa shape index (κ2) is 7.00. The molecule has 0 saturated carbocycles. The van der Waals surface area contributed by atoms with Crippen molar-refractivity contribution in [2.24, 2.45) is 11.8 Å². The fourth-order valence-corrected chi connectivity index (χ4v) is 2.09.